The third-order valence-corrected chi connectivity index (χ3v) is 4.26. The van der Waals surface area contributed by atoms with Gasteiger partial charge < -0.3 is 10.1 Å². The van der Waals surface area contributed by atoms with E-state index in [1.165, 1.54) is 38.5 Å². The van der Waals surface area contributed by atoms with Crippen molar-refractivity contribution in [3.8, 4) is 0 Å². The first-order valence-electron chi connectivity index (χ1n) is 7.14. The molecule has 3 nitrogen and oxygen atoms in total. The maximum Gasteiger partial charge on any atom is 0.310 e. The van der Waals surface area contributed by atoms with E-state index in [-0.39, 0.29) is 11.9 Å². The van der Waals surface area contributed by atoms with Gasteiger partial charge in [-0.1, -0.05) is 32.6 Å². The molecule has 1 aliphatic heterocycles. The largest absolute Gasteiger partial charge is 0.465 e. The van der Waals surface area contributed by atoms with Crippen molar-refractivity contribution >= 4 is 5.97 Å². The van der Waals surface area contributed by atoms with Crippen LogP contribution in [0.25, 0.3) is 0 Å². The predicted octanol–water partition coefficient (Wildman–Crippen LogP) is 2.36. The lowest BCUT2D eigenvalue weighted by molar-refractivity contribution is -0.150. The Hall–Kier alpha value is -0.570. The van der Waals surface area contributed by atoms with Crippen LogP contribution in [0.4, 0.5) is 0 Å². The highest BCUT2D eigenvalue weighted by Gasteiger charge is 2.31. The average Bonchev–Trinajstić information content (AvgIpc) is 2.61. The molecule has 17 heavy (non-hydrogen) atoms. The zero-order valence-corrected chi connectivity index (χ0v) is 10.9. The Balaban J connectivity index is 1.71. The van der Waals surface area contributed by atoms with E-state index in [2.05, 4.69) is 12.2 Å². The van der Waals surface area contributed by atoms with Gasteiger partial charge in [0.1, 0.15) is 0 Å². The van der Waals surface area contributed by atoms with E-state index in [0.29, 0.717) is 18.4 Å². The molecular weight excluding hydrogens is 214 g/mol. The molecule has 2 rings (SSSR count). The third-order valence-electron chi connectivity index (χ3n) is 4.26. The highest BCUT2D eigenvalue weighted by molar-refractivity contribution is 5.73. The van der Waals surface area contributed by atoms with Crippen molar-refractivity contribution < 1.29 is 9.53 Å². The second-order valence-corrected chi connectivity index (χ2v) is 5.73. The van der Waals surface area contributed by atoms with Crippen LogP contribution >= 0.6 is 0 Å². The molecule has 1 saturated carbocycles. The molecule has 1 N–H and O–H groups in total. The number of carbonyl (C=O) groups excluding carboxylic acids is 1. The molecule has 98 valence electrons. The summed E-state index contributed by atoms with van der Waals surface area (Å²) in [6.07, 6.45) is 7.81. The first-order chi connectivity index (χ1) is 8.27. The number of esters is 1. The zero-order valence-electron chi connectivity index (χ0n) is 10.9. The van der Waals surface area contributed by atoms with Crippen molar-refractivity contribution in [1.82, 2.24) is 5.32 Å². The number of carbonyl (C=O) groups is 1. The van der Waals surface area contributed by atoms with Crippen molar-refractivity contribution in [2.24, 2.45) is 17.8 Å². The monoisotopic (exact) mass is 239 g/mol. The second-order valence-electron chi connectivity index (χ2n) is 5.73. The molecule has 0 aromatic rings. The summed E-state index contributed by atoms with van der Waals surface area (Å²) in [6.45, 7) is 4.52. The highest BCUT2D eigenvalue weighted by Crippen LogP contribution is 2.24. The maximum absolute atomic E-state index is 11.9. The Morgan fingerprint density at radius 1 is 1.18 bits per heavy atom. The Bertz CT molecular complexity index is 247. The fraction of sp³-hybridized carbons (Fsp3) is 0.929. The summed E-state index contributed by atoms with van der Waals surface area (Å²) >= 11 is 0. The van der Waals surface area contributed by atoms with Crippen LogP contribution in [0.3, 0.4) is 0 Å². The standard InChI is InChI=1S/C14H25NO2/c1-11-8-15-9-13(11)14(16)17-10-12-6-4-2-3-5-7-12/h11-13,15H,2-10H2,1H3/t11-,13-/m1/s1. The summed E-state index contributed by atoms with van der Waals surface area (Å²) in [4.78, 5) is 11.9. The van der Waals surface area contributed by atoms with Crippen LogP contribution in [-0.2, 0) is 9.53 Å². The molecule has 2 atom stereocenters. The van der Waals surface area contributed by atoms with Gasteiger partial charge in [0.05, 0.1) is 12.5 Å². The molecule has 3 heteroatoms. The van der Waals surface area contributed by atoms with Crippen LogP contribution < -0.4 is 5.32 Å². The van der Waals surface area contributed by atoms with Crippen molar-refractivity contribution in [3.05, 3.63) is 0 Å². The van der Waals surface area contributed by atoms with Gasteiger partial charge in [-0.3, -0.25) is 4.79 Å². The smallest absolute Gasteiger partial charge is 0.310 e. The fourth-order valence-corrected chi connectivity index (χ4v) is 2.96. The van der Waals surface area contributed by atoms with Gasteiger partial charge in [0.15, 0.2) is 0 Å². The van der Waals surface area contributed by atoms with E-state index in [1.807, 2.05) is 0 Å². The number of ether oxygens (including phenoxy) is 1. The van der Waals surface area contributed by atoms with Gasteiger partial charge in [-0.25, -0.2) is 0 Å². The molecule has 0 amide bonds. The molecule has 1 heterocycles. The van der Waals surface area contributed by atoms with Crippen LogP contribution in [-0.4, -0.2) is 25.7 Å². The lowest BCUT2D eigenvalue weighted by Crippen LogP contribution is -2.25. The van der Waals surface area contributed by atoms with E-state index in [4.69, 9.17) is 4.74 Å². The average molecular weight is 239 g/mol. The van der Waals surface area contributed by atoms with Gasteiger partial charge in [-0.05, 0) is 31.2 Å². The van der Waals surface area contributed by atoms with Gasteiger partial charge in [-0.2, -0.15) is 0 Å². The van der Waals surface area contributed by atoms with E-state index >= 15 is 0 Å². The summed E-state index contributed by atoms with van der Waals surface area (Å²) in [5, 5.41) is 3.25. The number of hydrogen-bond acceptors (Lipinski definition) is 3. The van der Waals surface area contributed by atoms with E-state index in [1.54, 1.807) is 0 Å². The first kappa shape index (κ1) is 12.9. The van der Waals surface area contributed by atoms with Gasteiger partial charge in [0.2, 0.25) is 0 Å². The Kier molecular flexibility index (Phi) is 4.84. The van der Waals surface area contributed by atoms with Crippen LogP contribution in [0.2, 0.25) is 0 Å². The topological polar surface area (TPSA) is 38.3 Å². The van der Waals surface area contributed by atoms with Gasteiger partial charge >= 0.3 is 5.97 Å². The second kappa shape index (κ2) is 6.39. The Labute approximate surface area is 104 Å². The van der Waals surface area contributed by atoms with E-state index in [9.17, 15) is 4.79 Å². The third kappa shape index (κ3) is 3.70. The molecule has 0 radical (unpaired) electrons. The van der Waals surface area contributed by atoms with Gasteiger partial charge in [0.25, 0.3) is 0 Å². The molecule has 2 fully saturated rings. The van der Waals surface area contributed by atoms with Crippen molar-refractivity contribution in [2.45, 2.75) is 45.4 Å². The summed E-state index contributed by atoms with van der Waals surface area (Å²) in [5.41, 5.74) is 0. The van der Waals surface area contributed by atoms with Gasteiger partial charge in [0, 0.05) is 6.54 Å². The fourth-order valence-electron chi connectivity index (χ4n) is 2.96. The molecule has 0 aromatic heterocycles. The van der Waals surface area contributed by atoms with Crippen LogP contribution in [0.5, 0.6) is 0 Å². The zero-order chi connectivity index (χ0) is 12.1. The van der Waals surface area contributed by atoms with Crippen molar-refractivity contribution in [1.29, 1.82) is 0 Å². The Morgan fingerprint density at radius 2 is 1.88 bits per heavy atom. The highest BCUT2D eigenvalue weighted by atomic mass is 16.5. The molecule has 1 aliphatic carbocycles. The minimum Gasteiger partial charge on any atom is -0.465 e. The molecule has 0 aromatic carbocycles. The summed E-state index contributed by atoms with van der Waals surface area (Å²) in [7, 11) is 0. The van der Waals surface area contributed by atoms with E-state index in [0.717, 1.165) is 13.1 Å². The SMILES string of the molecule is C[C@@H]1CNC[C@H]1C(=O)OCC1CCCCCC1. The van der Waals surface area contributed by atoms with Gasteiger partial charge in [-0.15, -0.1) is 0 Å². The minimum absolute atomic E-state index is 0.0201. The molecule has 1 saturated heterocycles. The molecule has 2 aliphatic rings. The van der Waals surface area contributed by atoms with Crippen molar-refractivity contribution in [3.63, 3.8) is 0 Å². The summed E-state index contributed by atoms with van der Waals surface area (Å²) in [5.74, 6) is 1.15. The maximum atomic E-state index is 11.9. The molecule has 0 bridgehead atoms. The van der Waals surface area contributed by atoms with Crippen LogP contribution in [0.1, 0.15) is 45.4 Å². The van der Waals surface area contributed by atoms with E-state index < -0.39 is 0 Å². The normalized spacial score (nSPS) is 31.1. The Morgan fingerprint density at radius 3 is 2.47 bits per heavy atom. The molecule has 0 spiro atoms. The minimum atomic E-state index is 0.0201. The quantitative estimate of drug-likeness (QED) is 0.607. The summed E-state index contributed by atoms with van der Waals surface area (Å²) in [6, 6.07) is 0. The number of rotatable bonds is 3. The lowest BCUT2D eigenvalue weighted by Gasteiger charge is -2.17. The molecular formula is C14H25NO2. The number of hydrogen-bond donors (Lipinski definition) is 1. The summed E-state index contributed by atoms with van der Waals surface area (Å²) < 4.78 is 5.51. The predicted molar refractivity (Wildman–Crippen MR) is 67.7 cm³/mol. The molecule has 0 unspecified atom stereocenters. The van der Waals surface area contributed by atoms with Crippen LogP contribution in [0, 0.1) is 17.8 Å². The first-order valence-corrected chi connectivity index (χ1v) is 7.14. The number of nitrogens with one attached hydrogen (secondary N) is 1. The lowest BCUT2D eigenvalue weighted by atomic mass is 9.98. The van der Waals surface area contributed by atoms with Crippen molar-refractivity contribution in [2.75, 3.05) is 19.7 Å². The van der Waals surface area contributed by atoms with Crippen LogP contribution in [0.15, 0.2) is 0 Å².